The molecule has 0 spiro atoms. The summed E-state index contributed by atoms with van der Waals surface area (Å²) in [5, 5.41) is 3.01. The minimum Gasteiger partial charge on any atom is -0.366 e. The number of pyridine rings is 1. The van der Waals surface area contributed by atoms with Crippen LogP contribution in [0.5, 0.6) is 0 Å². The first-order chi connectivity index (χ1) is 9.45. The highest BCUT2D eigenvalue weighted by molar-refractivity contribution is 6.00. The summed E-state index contributed by atoms with van der Waals surface area (Å²) in [5.74, 6) is -0.663. The van der Waals surface area contributed by atoms with Crippen molar-refractivity contribution in [3.8, 4) is 0 Å². The number of primary amides is 2. The van der Waals surface area contributed by atoms with Gasteiger partial charge in [0.2, 0.25) is 11.8 Å². The van der Waals surface area contributed by atoms with Crippen LogP contribution in [0.15, 0.2) is 36.4 Å². The topological polar surface area (TPSA) is 111 Å². The zero-order chi connectivity index (χ0) is 14.7. The number of amides is 2. The first-order valence-corrected chi connectivity index (χ1v) is 5.91. The standard InChI is InChI=1S/C14H14N4O2/c1-8-3-2-4-12(17-8)18-11-6-9(13(15)19)5-10(7-11)14(16)20/h2-7H,1H3,(H2,15,19)(H2,16,20)(H,17,18). The van der Waals surface area contributed by atoms with Gasteiger partial charge in [-0.15, -0.1) is 0 Å². The van der Waals surface area contributed by atoms with Crippen LogP contribution in [0.3, 0.4) is 0 Å². The van der Waals surface area contributed by atoms with Crippen molar-refractivity contribution < 1.29 is 9.59 Å². The molecule has 2 amide bonds. The van der Waals surface area contributed by atoms with E-state index in [9.17, 15) is 9.59 Å². The molecule has 0 unspecified atom stereocenters. The minimum atomic E-state index is -0.631. The van der Waals surface area contributed by atoms with Gasteiger partial charge in [-0.05, 0) is 37.3 Å². The molecule has 6 heteroatoms. The number of carbonyl (C=O) groups is 2. The molecule has 0 bridgehead atoms. The van der Waals surface area contributed by atoms with Crippen molar-refractivity contribution in [2.45, 2.75) is 6.92 Å². The third kappa shape index (κ3) is 3.11. The van der Waals surface area contributed by atoms with Gasteiger partial charge in [-0.3, -0.25) is 9.59 Å². The summed E-state index contributed by atoms with van der Waals surface area (Å²) >= 11 is 0. The van der Waals surface area contributed by atoms with Crippen LogP contribution in [0.4, 0.5) is 11.5 Å². The number of aryl methyl sites for hydroxylation is 1. The molecule has 0 fully saturated rings. The summed E-state index contributed by atoms with van der Waals surface area (Å²) in [6.07, 6.45) is 0. The van der Waals surface area contributed by atoms with E-state index in [1.54, 1.807) is 18.2 Å². The molecule has 0 aliphatic heterocycles. The predicted octanol–water partition coefficient (Wildman–Crippen LogP) is 1.33. The number of anilines is 2. The van der Waals surface area contributed by atoms with Crippen molar-refractivity contribution in [3.05, 3.63) is 53.2 Å². The van der Waals surface area contributed by atoms with Gasteiger partial charge in [0.15, 0.2) is 0 Å². The van der Waals surface area contributed by atoms with E-state index in [4.69, 9.17) is 11.5 Å². The van der Waals surface area contributed by atoms with Gasteiger partial charge >= 0.3 is 0 Å². The lowest BCUT2D eigenvalue weighted by molar-refractivity contribution is 0.0999. The van der Waals surface area contributed by atoms with Gasteiger partial charge in [0.1, 0.15) is 5.82 Å². The number of nitrogens with two attached hydrogens (primary N) is 2. The second kappa shape index (κ2) is 5.40. The summed E-state index contributed by atoms with van der Waals surface area (Å²) in [6, 6.07) is 9.92. The maximum absolute atomic E-state index is 11.3. The second-order valence-corrected chi connectivity index (χ2v) is 4.32. The largest absolute Gasteiger partial charge is 0.366 e. The van der Waals surface area contributed by atoms with Crippen LogP contribution >= 0.6 is 0 Å². The SMILES string of the molecule is Cc1cccc(Nc2cc(C(N)=O)cc(C(N)=O)c2)n1. The summed E-state index contributed by atoms with van der Waals surface area (Å²) in [4.78, 5) is 26.8. The fraction of sp³-hybridized carbons (Fsp3) is 0.0714. The average molecular weight is 270 g/mol. The Hall–Kier alpha value is -2.89. The minimum absolute atomic E-state index is 0.205. The zero-order valence-electron chi connectivity index (χ0n) is 10.9. The molecule has 1 heterocycles. The number of hydrogen-bond acceptors (Lipinski definition) is 4. The quantitative estimate of drug-likeness (QED) is 0.778. The highest BCUT2D eigenvalue weighted by Crippen LogP contribution is 2.19. The molecule has 2 rings (SSSR count). The highest BCUT2D eigenvalue weighted by atomic mass is 16.1. The molecule has 2 aromatic rings. The fourth-order valence-electron chi connectivity index (χ4n) is 1.74. The number of rotatable bonds is 4. The van der Waals surface area contributed by atoms with Crippen LogP contribution < -0.4 is 16.8 Å². The molecular weight excluding hydrogens is 256 g/mol. The van der Waals surface area contributed by atoms with E-state index in [0.717, 1.165) is 5.69 Å². The summed E-state index contributed by atoms with van der Waals surface area (Å²) in [6.45, 7) is 1.86. The lowest BCUT2D eigenvalue weighted by Crippen LogP contribution is -2.16. The molecular formula is C14H14N4O2. The first-order valence-electron chi connectivity index (χ1n) is 5.91. The predicted molar refractivity (Wildman–Crippen MR) is 75.7 cm³/mol. The van der Waals surface area contributed by atoms with Crippen molar-refractivity contribution in [1.82, 2.24) is 4.98 Å². The van der Waals surface area contributed by atoms with E-state index in [2.05, 4.69) is 10.3 Å². The number of hydrogen-bond donors (Lipinski definition) is 3. The van der Waals surface area contributed by atoms with Crippen molar-refractivity contribution in [2.24, 2.45) is 11.5 Å². The normalized spacial score (nSPS) is 10.1. The monoisotopic (exact) mass is 270 g/mol. The van der Waals surface area contributed by atoms with Crippen molar-refractivity contribution >= 4 is 23.3 Å². The van der Waals surface area contributed by atoms with Gasteiger partial charge in [-0.1, -0.05) is 6.07 Å². The number of carbonyl (C=O) groups excluding carboxylic acids is 2. The Kier molecular flexibility index (Phi) is 3.65. The molecule has 20 heavy (non-hydrogen) atoms. The van der Waals surface area contributed by atoms with Gasteiger partial charge in [0.05, 0.1) is 0 Å². The Labute approximate surface area is 115 Å². The fourth-order valence-corrected chi connectivity index (χ4v) is 1.74. The van der Waals surface area contributed by atoms with Gasteiger partial charge in [-0.25, -0.2) is 4.98 Å². The number of aromatic nitrogens is 1. The molecule has 0 aliphatic carbocycles. The van der Waals surface area contributed by atoms with Gasteiger partial charge in [0.25, 0.3) is 0 Å². The first kappa shape index (κ1) is 13.5. The number of nitrogens with one attached hydrogen (secondary N) is 1. The van der Waals surface area contributed by atoms with Crippen LogP contribution in [0.2, 0.25) is 0 Å². The maximum Gasteiger partial charge on any atom is 0.248 e. The van der Waals surface area contributed by atoms with Gasteiger partial charge < -0.3 is 16.8 Å². The molecule has 5 N–H and O–H groups in total. The van der Waals surface area contributed by atoms with Gasteiger partial charge in [-0.2, -0.15) is 0 Å². The van der Waals surface area contributed by atoms with E-state index in [-0.39, 0.29) is 11.1 Å². The molecule has 0 radical (unpaired) electrons. The molecule has 1 aromatic carbocycles. The van der Waals surface area contributed by atoms with Crippen molar-refractivity contribution in [2.75, 3.05) is 5.32 Å². The van der Waals surface area contributed by atoms with Crippen molar-refractivity contribution in [1.29, 1.82) is 0 Å². The molecule has 1 aromatic heterocycles. The molecule has 0 atom stereocenters. The Morgan fingerprint density at radius 3 is 2.15 bits per heavy atom. The van der Waals surface area contributed by atoms with Crippen LogP contribution in [0.25, 0.3) is 0 Å². The number of nitrogens with zero attached hydrogens (tertiary/aromatic N) is 1. The Morgan fingerprint density at radius 1 is 1.05 bits per heavy atom. The van der Waals surface area contributed by atoms with Crippen LogP contribution in [0, 0.1) is 6.92 Å². The molecule has 0 saturated heterocycles. The molecule has 6 nitrogen and oxygen atoms in total. The summed E-state index contributed by atoms with van der Waals surface area (Å²) in [7, 11) is 0. The van der Waals surface area contributed by atoms with E-state index < -0.39 is 11.8 Å². The third-order valence-electron chi connectivity index (χ3n) is 2.66. The lowest BCUT2D eigenvalue weighted by atomic mass is 10.1. The van der Waals surface area contributed by atoms with Crippen LogP contribution in [-0.4, -0.2) is 16.8 Å². The lowest BCUT2D eigenvalue weighted by Gasteiger charge is -2.09. The van der Waals surface area contributed by atoms with Crippen LogP contribution in [0.1, 0.15) is 26.4 Å². The Morgan fingerprint density at radius 2 is 1.65 bits per heavy atom. The smallest absolute Gasteiger partial charge is 0.248 e. The summed E-state index contributed by atoms with van der Waals surface area (Å²) < 4.78 is 0. The van der Waals surface area contributed by atoms with E-state index in [1.807, 2.05) is 19.1 Å². The highest BCUT2D eigenvalue weighted by Gasteiger charge is 2.09. The summed E-state index contributed by atoms with van der Waals surface area (Å²) in [5.41, 5.74) is 12.2. The number of benzene rings is 1. The van der Waals surface area contributed by atoms with Crippen LogP contribution in [-0.2, 0) is 0 Å². The Bertz CT molecular complexity index is 650. The molecule has 102 valence electrons. The maximum atomic E-state index is 11.3. The molecule has 0 saturated carbocycles. The van der Waals surface area contributed by atoms with Gasteiger partial charge in [0, 0.05) is 22.5 Å². The van der Waals surface area contributed by atoms with E-state index in [0.29, 0.717) is 11.5 Å². The average Bonchev–Trinajstić information content (AvgIpc) is 2.38. The van der Waals surface area contributed by atoms with Crippen molar-refractivity contribution in [3.63, 3.8) is 0 Å². The van der Waals surface area contributed by atoms with E-state index >= 15 is 0 Å². The molecule has 0 aliphatic rings. The van der Waals surface area contributed by atoms with E-state index in [1.165, 1.54) is 6.07 Å². The third-order valence-corrected chi connectivity index (χ3v) is 2.66. The Balaban J connectivity index is 2.40. The zero-order valence-corrected chi connectivity index (χ0v) is 10.9. The second-order valence-electron chi connectivity index (χ2n) is 4.32.